The molecule has 2 N–H and O–H groups in total. The van der Waals surface area contributed by atoms with Gasteiger partial charge in [0.05, 0.1) is 5.02 Å². The van der Waals surface area contributed by atoms with Gasteiger partial charge in [-0.25, -0.2) is 4.39 Å². The lowest BCUT2D eigenvalue weighted by atomic mass is 10.1. The Morgan fingerprint density at radius 2 is 1.94 bits per heavy atom. The van der Waals surface area contributed by atoms with E-state index in [1.807, 2.05) is 6.07 Å². The van der Waals surface area contributed by atoms with Gasteiger partial charge in [0.2, 0.25) is 0 Å². The summed E-state index contributed by atoms with van der Waals surface area (Å²) in [5.74, 6) is -0.388. The minimum atomic E-state index is -0.388. The van der Waals surface area contributed by atoms with E-state index in [0.717, 1.165) is 38.3 Å². The summed E-state index contributed by atoms with van der Waals surface area (Å²) >= 11 is 5.88. The Morgan fingerprint density at radius 1 is 1.28 bits per heavy atom. The summed E-state index contributed by atoms with van der Waals surface area (Å²) in [4.78, 5) is 4.66. The van der Waals surface area contributed by atoms with Gasteiger partial charge >= 0.3 is 0 Å². The van der Waals surface area contributed by atoms with Crippen LogP contribution in [0.25, 0.3) is 0 Å². The first-order valence-electron chi connectivity index (χ1n) is 6.18. The van der Waals surface area contributed by atoms with E-state index in [-0.39, 0.29) is 17.4 Å². The lowest BCUT2D eigenvalue weighted by Crippen LogP contribution is -2.43. The molecule has 5 heteroatoms. The summed E-state index contributed by atoms with van der Waals surface area (Å²) in [5.41, 5.74) is 7.05. The van der Waals surface area contributed by atoms with E-state index in [0.29, 0.717) is 5.56 Å². The molecule has 1 aliphatic heterocycles. The Morgan fingerprint density at radius 3 is 2.56 bits per heavy atom. The van der Waals surface area contributed by atoms with Crippen molar-refractivity contribution in [3.63, 3.8) is 0 Å². The Hall–Kier alpha value is -0.680. The van der Waals surface area contributed by atoms with Crippen LogP contribution in [0, 0.1) is 5.82 Å². The molecular formula is C13H19ClFN3. The van der Waals surface area contributed by atoms with Gasteiger partial charge in [0.15, 0.2) is 0 Å². The summed E-state index contributed by atoms with van der Waals surface area (Å²) in [6.45, 7) is 5.19. The van der Waals surface area contributed by atoms with Crippen LogP contribution < -0.4 is 5.73 Å². The number of nitrogens with zero attached hydrogens (tertiary/aromatic N) is 2. The van der Waals surface area contributed by atoms with Gasteiger partial charge < -0.3 is 10.6 Å². The number of rotatable bonds is 3. The Kier molecular flexibility index (Phi) is 4.56. The van der Waals surface area contributed by atoms with Gasteiger partial charge in [0.25, 0.3) is 0 Å². The molecule has 1 aliphatic rings. The molecule has 0 radical (unpaired) electrons. The topological polar surface area (TPSA) is 32.5 Å². The maximum Gasteiger partial charge on any atom is 0.146 e. The summed E-state index contributed by atoms with van der Waals surface area (Å²) in [5, 5.41) is 0.169. The molecule has 2 rings (SSSR count). The first-order valence-corrected chi connectivity index (χ1v) is 6.55. The molecule has 3 nitrogen and oxygen atoms in total. The average molecular weight is 272 g/mol. The van der Waals surface area contributed by atoms with E-state index in [1.54, 1.807) is 6.07 Å². The van der Waals surface area contributed by atoms with Crippen LogP contribution in [0.15, 0.2) is 12.1 Å². The second-order valence-electron chi connectivity index (χ2n) is 4.83. The van der Waals surface area contributed by atoms with E-state index in [1.165, 1.54) is 0 Å². The van der Waals surface area contributed by atoms with Crippen LogP contribution in [0.3, 0.4) is 0 Å². The highest BCUT2D eigenvalue weighted by atomic mass is 35.5. The van der Waals surface area contributed by atoms with Crippen LogP contribution in [-0.4, -0.2) is 43.0 Å². The molecule has 0 amide bonds. The second-order valence-corrected chi connectivity index (χ2v) is 5.24. The lowest BCUT2D eigenvalue weighted by Gasteiger charge is -2.32. The lowest BCUT2D eigenvalue weighted by molar-refractivity contribution is 0.148. The third kappa shape index (κ3) is 3.20. The van der Waals surface area contributed by atoms with E-state index in [4.69, 9.17) is 17.3 Å². The van der Waals surface area contributed by atoms with Gasteiger partial charge in [-0.3, -0.25) is 4.90 Å². The fourth-order valence-corrected chi connectivity index (χ4v) is 2.47. The molecule has 0 spiro atoms. The first kappa shape index (κ1) is 13.7. The van der Waals surface area contributed by atoms with E-state index < -0.39 is 0 Å². The average Bonchev–Trinajstić information content (AvgIpc) is 2.36. The molecule has 0 atom stereocenters. The number of piperazine rings is 1. The van der Waals surface area contributed by atoms with Crippen LogP contribution in [0.5, 0.6) is 0 Å². The molecule has 1 fully saturated rings. The number of halogens is 2. The van der Waals surface area contributed by atoms with Crippen molar-refractivity contribution in [2.75, 3.05) is 33.2 Å². The summed E-state index contributed by atoms with van der Waals surface area (Å²) in [6, 6.07) is 3.52. The van der Waals surface area contributed by atoms with Crippen molar-refractivity contribution < 1.29 is 4.39 Å². The molecule has 0 saturated carbocycles. The zero-order valence-electron chi connectivity index (χ0n) is 10.6. The van der Waals surface area contributed by atoms with Crippen molar-refractivity contribution in [2.24, 2.45) is 5.73 Å². The molecule has 18 heavy (non-hydrogen) atoms. The highest BCUT2D eigenvalue weighted by Crippen LogP contribution is 2.22. The largest absolute Gasteiger partial charge is 0.326 e. The Labute approximate surface area is 112 Å². The zero-order valence-corrected chi connectivity index (χ0v) is 11.4. The minimum Gasteiger partial charge on any atom is -0.326 e. The second kappa shape index (κ2) is 5.97. The summed E-state index contributed by atoms with van der Waals surface area (Å²) < 4.78 is 13.6. The SMILES string of the molecule is CN1CCN(Cc2cc(Cl)c(F)c(CN)c2)CC1. The summed E-state index contributed by atoms with van der Waals surface area (Å²) in [6.07, 6.45) is 0. The fraction of sp³-hybridized carbons (Fsp3) is 0.538. The van der Waals surface area contributed by atoms with Crippen molar-refractivity contribution in [1.29, 1.82) is 0 Å². The van der Waals surface area contributed by atoms with Crippen molar-refractivity contribution in [2.45, 2.75) is 13.1 Å². The highest BCUT2D eigenvalue weighted by molar-refractivity contribution is 6.30. The van der Waals surface area contributed by atoms with Crippen LogP contribution in [0.2, 0.25) is 5.02 Å². The van der Waals surface area contributed by atoms with Crippen LogP contribution >= 0.6 is 11.6 Å². The van der Waals surface area contributed by atoms with Crippen LogP contribution in [0.1, 0.15) is 11.1 Å². The molecule has 0 aromatic heterocycles. The molecule has 1 aromatic carbocycles. The van der Waals surface area contributed by atoms with Gasteiger partial charge in [-0.05, 0) is 18.7 Å². The Bertz CT molecular complexity index is 417. The van der Waals surface area contributed by atoms with Crippen molar-refractivity contribution in [3.05, 3.63) is 34.1 Å². The monoisotopic (exact) mass is 271 g/mol. The standard InChI is InChI=1S/C13H19ClFN3/c1-17-2-4-18(5-3-17)9-10-6-11(8-16)13(15)12(14)7-10/h6-7H,2-5,8-9,16H2,1H3. The third-order valence-electron chi connectivity index (χ3n) is 3.39. The maximum absolute atomic E-state index is 13.6. The van der Waals surface area contributed by atoms with Crippen molar-refractivity contribution in [1.82, 2.24) is 9.80 Å². The predicted octanol–water partition coefficient (Wildman–Crippen LogP) is 1.69. The number of nitrogens with two attached hydrogens (primary N) is 1. The fourth-order valence-electron chi connectivity index (χ4n) is 2.21. The first-order chi connectivity index (χ1) is 8.60. The molecular weight excluding hydrogens is 253 g/mol. The number of hydrogen-bond donors (Lipinski definition) is 1. The molecule has 1 saturated heterocycles. The molecule has 0 unspecified atom stereocenters. The third-order valence-corrected chi connectivity index (χ3v) is 3.66. The molecule has 0 aliphatic carbocycles. The highest BCUT2D eigenvalue weighted by Gasteiger charge is 2.15. The molecule has 1 heterocycles. The Balaban J connectivity index is 2.07. The minimum absolute atomic E-state index is 0.169. The zero-order chi connectivity index (χ0) is 13.1. The smallest absolute Gasteiger partial charge is 0.146 e. The quantitative estimate of drug-likeness (QED) is 0.908. The van der Waals surface area contributed by atoms with Gasteiger partial charge in [0, 0.05) is 44.8 Å². The number of benzene rings is 1. The molecule has 100 valence electrons. The summed E-state index contributed by atoms with van der Waals surface area (Å²) in [7, 11) is 2.12. The van der Waals surface area contributed by atoms with Crippen LogP contribution in [-0.2, 0) is 13.1 Å². The van der Waals surface area contributed by atoms with Gasteiger partial charge in [-0.1, -0.05) is 17.7 Å². The van der Waals surface area contributed by atoms with Gasteiger partial charge in [0.1, 0.15) is 5.82 Å². The number of likely N-dealkylation sites (N-methyl/N-ethyl adjacent to an activating group) is 1. The van der Waals surface area contributed by atoms with Gasteiger partial charge in [-0.15, -0.1) is 0 Å². The normalized spacial score (nSPS) is 18.2. The molecule has 0 bridgehead atoms. The predicted molar refractivity (Wildman–Crippen MR) is 72.1 cm³/mol. The van der Waals surface area contributed by atoms with E-state index >= 15 is 0 Å². The van der Waals surface area contributed by atoms with E-state index in [2.05, 4.69) is 16.8 Å². The number of hydrogen-bond acceptors (Lipinski definition) is 3. The van der Waals surface area contributed by atoms with Crippen molar-refractivity contribution in [3.8, 4) is 0 Å². The van der Waals surface area contributed by atoms with E-state index in [9.17, 15) is 4.39 Å². The van der Waals surface area contributed by atoms with Gasteiger partial charge in [-0.2, -0.15) is 0 Å². The van der Waals surface area contributed by atoms with Crippen LogP contribution in [0.4, 0.5) is 4.39 Å². The molecule has 1 aromatic rings. The maximum atomic E-state index is 13.6. The van der Waals surface area contributed by atoms with Crippen molar-refractivity contribution >= 4 is 11.6 Å².